The van der Waals surface area contributed by atoms with Crippen molar-refractivity contribution >= 4 is 5.91 Å². The lowest BCUT2D eigenvalue weighted by Crippen LogP contribution is -2.18. The topological polar surface area (TPSA) is 75.4 Å². The molecule has 0 radical (unpaired) electrons. The van der Waals surface area contributed by atoms with E-state index in [4.69, 9.17) is 9.73 Å². The molecule has 3 aromatic rings. The fourth-order valence-corrected chi connectivity index (χ4v) is 2.66. The van der Waals surface area contributed by atoms with Crippen LogP contribution in [0, 0.1) is 0 Å². The summed E-state index contributed by atoms with van der Waals surface area (Å²) in [4.78, 5) is 11.2. The van der Waals surface area contributed by atoms with E-state index >= 15 is 0 Å². The second-order valence-electron chi connectivity index (χ2n) is 5.46. The molecule has 0 aliphatic rings. The first-order valence-corrected chi connectivity index (χ1v) is 7.82. The predicted octanol–water partition coefficient (Wildman–Crippen LogP) is 3.84. The molecule has 0 fully saturated rings. The van der Waals surface area contributed by atoms with Crippen molar-refractivity contribution in [2.45, 2.75) is 19.3 Å². The molecule has 5 heteroatoms. The van der Waals surface area contributed by atoms with Crippen molar-refractivity contribution in [2.75, 3.05) is 0 Å². The smallest absolute Gasteiger partial charge is 0.243 e. The molecular weight excluding hydrogens is 304 g/mol. The van der Waals surface area contributed by atoms with Crippen LogP contribution in [0.15, 0.2) is 65.2 Å². The van der Waals surface area contributed by atoms with Crippen LogP contribution in [-0.2, 0) is 11.2 Å². The number of hydroxylamine groups is 1. The third-order valence-electron chi connectivity index (χ3n) is 3.83. The summed E-state index contributed by atoms with van der Waals surface area (Å²) in [6.07, 6.45) is 1.46. The lowest BCUT2D eigenvalue weighted by atomic mass is 9.98. The Morgan fingerprint density at radius 2 is 1.62 bits per heavy atom. The minimum absolute atomic E-state index is 0.240. The number of amides is 1. The number of benzene rings is 2. The summed E-state index contributed by atoms with van der Waals surface area (Å²) in [6, 6.07) is 19.6. The van der Waals surface area contributed by atoms with Gasteiger partial charge in [0.2, 0.25) is 5.91 Å². The van der Waals surface area contributed by atoms with E-state index in [0.29, 0.717) is 12.8 Å². The summed E-state index contributed by atoms with van der Waals surface area (Å²) in [5, 5.41) is 12.9. The molecule has 122 valence electrons. The highest BCUT2D eigenvalue weighted by Gasteiger charge is 2.18. The molecule has 0 saturated heterocycles. The van der Waals surface area contributed by atoms with Crippen LogP contribution >= 0.6 is 0 Å². The second-order valence-corrected chi connectivity index (χ2v) is 5.46. The van der Waals surface area contributed by atoms with Gasteiger partial charge in [0.25, 0.3) is 0 Å². The van der Waals surface area contributed by atoms with Crippen LogP contribution in [0.5, 0.6) is 0 Å². The zero-order valence-corrected chi connectivity index (χ0v) is 13.1. The van der Waals surface area contributed by atoms with Gasteiger partial charge in [-0.3, -0.25) is 10.0 Å². The molecule has 1 amide bonds. The van der Waals surface area contributed by atoms with E-state index in [1.807, 2.05) is 60.7 Å². The minimum atomic E-state index is -0.394. The largest absolute Gasteiger partial charge is 0.355 e. The number of aromatic nitrogens is 1. The number of carbonyl (C=O) groups excluding carboxylic acids is 1. The summed E-state index contributed by atoms with van der Waals surface area (Å²) in [6.45, 7) is 0. The fraction of sp³-hybridized carbons (Fsp3) is 0.158. The Morgan fingerprint density at radius 1 is 1.00 bits per heavy atom. The van der Waals surface area contributed by atoms with Gasteiger partial charge in [0.1, 0.15) is 5.69 Å². The second kappa shape index (κ2) is 7.57. The molecule has 2 aromatic carbocycles. The highest BCUT2D eigenvalue weighted by atomic mass is 16.5. The predicted molar refractivity (Wildman–Crippen MR) is 90.2 cm³/mol. The van der Waals surface area contributed by atoms with Gasteiger partial charge in [0.15, 0.2) is 5.76 Å². The Morgan fingerprint density at radius 3 is 2.25 bits per heavy atom. The van der Waals surface area contributed by atoms with Crippen molar-refractivity contribution in [1.82, 2.24) is 10.6 Å². The zero-order chi connectivity index (χ0) is 16.8. The van der Waals surface area contributed by atoms with E-state index in [2.05, 4.69) is 5.16 Å². The quantitative estimate of drug-likeness (QED) is 0.534. The van der Waals surface area contributed by atoms with E-state index in [9.17, 15) is 4.79 Å². The van der Waals surface area contributed by atoms with Crippen molar-refractivity contribution in [3.63, 3.8) is 0 Å². The molecule has 1 aromatic heterocycles. The molecule has 2 N–H and O–H groups in total. The Bertz CT molecular complexity index is 741. The van der Waals surface area contributed by atoms with E-state index in [1.165, 1.54) is 0 Å². The van der Waals surface area contributed by atoms with Gasteiger partial charge in [0.05, 0.1) is 0 Å². The van der Waals surface area contributed by atoms with E-state index in [0.717, 1.165) is 28.1 Å². The SMILES string of the molecule is O=C(CCCc1c(-c2ccccc2)noc1-c1ccccc1)NO. The van der Waals surface area contributed by atoms with E-state index < -0.39 is 5.91 Å². The molecule has 24 heavy (non-hydrogen) atoms. The van der Waals surface area contributed by atoms with Crippen LogP contribution in [0.3, 0.4) is 0 Å². The van der Waals surface area contributed by atoms with Gasteiger partial charge >= 0.3 is 0 Å². The lowest BCUT2D eigenvalue weighted by Gasteiger charge is -2.05. The Kier molecular flexibility index (Phi) is 5.03. The summed E-state index contributed by atoms with van der Waals surface area (Å²) in [7, 11) is 0. The maximum Gasteiger partial charge on any atom is 0.243 e. The van der Waals surface area contributed by atoms with Gasteiger partial charge < -0.3 is 4.52 Å². The van der Waals surface area contributed by atoms with Crippen LogP contribution in [0.25, 0.3) is 22.6 Å². The average molecular weight is 322 g/mol. The maximum absolute atomic E-state index is 11.2. The summed E-state index contributed by atoms with van der Waals surface area (Å²) in [5.74, 6) is 0.327. The number of carbonyl (C=O) groups is 1. The molecule has 0 atom stereocenters. The molecule has 0 bridgehead atoms. The standard InChI is InChI=1S/C19H18N2O3/c22-17(20-23)13-7-12-16-18(14-8-3-1-4-9-14)21-24-19(16)15-10-5-2-6-11-15/h1-6,8-11,23H,7,12-13H2,(H,20,22). The minimum Gasteiger partial charge on any atom is -0.355 e. The number of hydrogen-bond acceptors (Lipinski definition) is 4. The highest BCUT2D eigenvalue weighted by Crippen LogP contribution is 2.33. The third kappa shape index (κ3) is 3.52. The van der Waals surface area contributed by atoms with Crippen LogP contribution in [-0.4, -0.2) is 16.3 Å². The molecule has 0 spiro atoms. The Labute approximate surface area is 139 Å². The van der Waals surface area contributed by atoms with Gasteiger partial charge in [-0.25, -0.2) is 5.48 Å². The van der Waals surface area contributed by atoms with E-state index in [1.54, 1.807) is 5.48 Å². The number of hydrogen-bond donors (Lipinski definition) is 2. The molecule has 5 nitrogen and oxygen atoms in total. The summed E-state index contributed by atoms with van der Waals surface area (Å²) in [5.41, 5.74) is 5.35. The Hall–Kier alpha value is -2.92. The molecule has 3 rings (SSSR count). The van der Waals surface area contributed by atoms with Gasteiger partial charge in [-0.2, -0.15) is 0 Å². The normalized spacial score (nSPS) is 10.5. The van der Waals surface area contributed by atoms with Crippen LogP contribution in [0.1, 0.15) is 18.4 Å². The van der Waals surface area contributed by atoms with Crippen LogP contribution < -0.4 is 5.48 Å². The zero-order valence-electron chi connectivity index (χ0n) is 13.1. The molecule has 0 saturated carbocycles. The van der Waals surface area contributed by atoms with Gasteiger partial charge in [-0.1, -0.05) is 65.8 Å². The Balaban J connectivity index is 1.95. The summed E-state index contributed by atoms with van der Waals surface area (Å²) < 4.78 is 5.62. The van der Waals surface area contributed by atoms with E-state index in [-0.39, 0.29) is 6.42 Å². The molecule has 1 heterocycles. The third-order valence-corrected chi connectivity index (χ3v) is 3.83. The van der Waals surface area contributed by atoms with Crippen molar-refractivity contribution < 1.29 is 14.5 Å². The average Bonchev–Trinajstić information content (AvgIpc) is 3.07. The van der Waals surface area contributed by atoms with Crippen molar-refractivity contribution in [3.8, 4) is 22.6 Å². The van der Waals surface area contributed by atoms with Crippen molar-refractivity contribution in [1.29, 1.82) is 0 Å². The van der Waals surface area contributed by atoms with Crippen LogP contribution in [0.2, 0.25) is 0 Å². The lowest BCUT2D eigenvalue weighted by molar-refractivity contribution is -0.129. The molecule has 0 aliphatic heterocycles. The monoisotopic (exact) mass is 322 g/mol. The van der Waals surface area contributed by atoms with Crippen LogP contribution in [0.4, 0.5) is 0 Å². The van der Waals surface area contributed by atoms with Gasteiger partial charge in [0, 0.05) is 23.1 Å². The number of nitrogens with zero attached hydrogens (tertiary/aromatic N) is 1. The number of rotatable bonds is 6. The highest BCUT2D eigenvalue weighted by molar-refractivity contribution is 5.75. The van der Waals surface area contributed by atoms with Crippen molar-refractivity contribution in [2.24, 2.45) is 0 Å². The van der Waals surface area contributed by atoms with Gasteiger partial charge in [-0.05, 0) is 12.8 Å². The first-order valence-electron chi connectivity index (χ1n) is 7.82. The van der Waals surface area contributed by atoms with Gasteiger partial charge in [-0.15, -0.1) is 0 Å². The molecule has 0 unspecified atom stereocenters. The van der Waals surface area contributed by atoms with Crippen molar-refractivity contribution in [3.05, 3.63) is 66.2 Å². The number of nitrogens with one attached hydrogen (secondary N) is 1. The molecular formula is C19H18N2O3. The first-order chi connectivity index (χ1) is 11.8. The maximum atomic E-state index is 11.2. The first kappa shape index (κ1) is 16.0. The fourth-order valence-electron chi connectivity index (χ4n) is 2.66. The summed E-state index contributed by atoms with van der Waals surface area (Å²) >= 11 is 0. The molecule has 0 aliphatic carbocycles.